The van der Waals surface area contributed by atoms with Gasteiger partial charge in [-0.25, -0.2) is 0 Å². The van der Waals surface area contributed by atoms with Crippen LogP contribution in [0, 0.1) is 4.84 Å². The first-order valence-electron chi connectivity index (χ1n) is 3.49. The molecular weight excluding hydrogens is 210 g/mol. The molecule has 1 heterocycles. The van der Waals surface area contributed by atoms with Crippen molar-refractivity contribution >= 4 is 34.8 Å². The van der Waals surface area contributed by atoms with Gasteiger partial charge < -0.3 is 4.42 Å². The van der Waals surface area contributed by atoms with Crippen LogP contribution in [0.4, 0.5) is 0 Å². The van der Waals surface area contributed by atoms with Crippen LogP contribution in [0.25, 0.3) is 11.0 Å². The summed E-state index contributed by atoms with van der Waals surface area (Å²) in [5.74, 6) is 0. The Hall–Kier alpha value is -1.13. The fourth-order valence-electron chi connectivity index (χ4n) is 1.05. The van der Waals surface area contributed by atoms with Crippen LogP contribution in [0.1, 0.15) is 0 Å². The number of halogens is 1. The molecule has 0 fully saturated rings. The number of fused-ring (bicyclic) bond motifs is 1. The van der Waals surface area contributed by atoms with Gasteiger partial charge in [0.25, 0.3) is 10.4 Å². The molecule has 0 aliphatic heterocycles. The normalized spacial score (nSPS) is 10.5. The molecule has 13 heavy (non-hydrogen) atoms. The fourth-order valence-corrected chi connectivity index (χ4v) is 1.40. The first-order chi connectivity index (χ1) is 6.16. The highest BCUT2D eigenvalue weighted by atomic mass is 35.5. The maximum absolute atomic E-state index is 11.3. The van der Waals surface area contributed by atoms with E-state index in [1.165, 1.54) is 0 Å². The van der Waals surface area contributed by atoms with Gasteiger partial charge in [0.1, 0.15) is 5.58 Å². The van der Waals surface area contributed by atoms with Crippen molar-refractivity contribution in [3.05, 3.63) is 38.4 Å². The molecule has 0 atom stereocenters. The summed E-state index contributed by atoms with van der Waals surface area (Å²) in [5.41, 5.74) is 0.143. The second-order valence-electron chi connectivity index (χ2n) is 2.48. The van der Waals surface area contributed by atoms with Crippen LogP contribution in [0.15, 0.2) is 27.4 Å². The van der Waals surface area contributed by atoms with Crippen molar-refractivity contribution in [2.45, 2.75) is 0 Å². The highest BCUT2D eigenvalue weighted by Gasteiger charge is 2.00. The molecule has 0 amide bonds. The average molecular weight is 214 g/mol. The largest absolute Gasteiger partial charge is 0.431 e. The molecule has 0 spiro atoms. The van der Waals surface area contributed by atoms with Crippen LogP contribution in [0.2, 0.25) is 5.02 Å². The number of hydrogen-bond donors (Lipinski definition) is 1. The Kier molecular flexibility index (Phi) is 1.94. The second-order valence-corrected chi connectivity index (χ2v) is 3.29. The minimum absolute atomic E-state index is 0.0553. The SMILES string of the molecule is O=c1[nH]c(=S)oc2cc(Cl)ccc12. The standard InChI is InChI=1S/C8H4ClNO2S/c9-4-1-2-5-6(3-4)12-8(13)10-7(5)11/h1-3H,(H,10,11,13). The topological polar surface area (TPSA) is 46.0 Å². The van der Waals surface area contributed by atoms with E-state index in [2.05, 4.69) is 4.98 Å². The summed E-state index contributed by atoms with van der Waals surface area (Å²) in [5, 5.41) is 0.953. The van der Waals surface area contributed by atoms with Crippen molar-refractivity contribution in [3.8, 4) is 0 Å². The monoisotopic (exact) mass is 213 g/mol. The molecule has 2 aromatic rings. The van der Waals surface area contributed by atoms with Crippen LogP contribution in [-0.2, 0) is 0 Å². The van der Waals surface area contributed by atoms with Crippen molar-refractivity contribution < 1.29 is 4.42 Å². The molecule has 1 aromatic heterocycles. The fraction of sp³-hybridized carbons (Fsp3) is 0. The number of H-pyrrole nitrogens is 1. The summed E-state index contributed by atoms with van der Waals surface area (Å²) in [4.78, 5) is 13.7. The molecule has 66 valence electrons. The number of rotatable bonds is 0. The van der Waals surface area contributed by atoms with E-state index in [0.717, 1.165) is 0 Å². The summed E-state index contributed by atoms with van der Waals surface area (Å²) in [6.45, 7) is 0. The number of nitrogens with one attached hydrogen (secondary N) is 1. The third kappa shape index (κ3) is 1.50. The van der Waals surface area contributed by atoms with Crippen LogP contribution >= 0.6 is 23.8 Å². The minimum atomic E-state index is -0.261. The zero-order valence-electron chi connectivity index (χ0n) is 6.33. The predicted molar refractivity (Wildman–Crippen MR) is 52.7 cm³/mol. The van der Waals surface area contributed by atoms with E-state index < -0.39 is 0 Å². The van der Waals surface area contributed by atoms with E-state index in [0.29, 0.717) is 16.0 Å². The van der Waals surface area contributed by atoms with E-state index in [9.17, 15) is 4.79 Å². The van der Waals surface area contributed by atoms with Gasteiger partial charge in [0.2, 0.25) is 0 Å². The molecule has 0 saturated heterocycles. The van der Waals surface area contributed by atoms with E-state index in [-0.39, 0.29) is 10.4 Å². The summed E-state index contributed by atoms with van der Waals surface area (Å²) < 4.78 is 5.10. The average Bonchev–Trinajstić information content (AvgIpc) is 2.02. The lowest BCUT2D eigenvalue weighted by molar-refractivity contribution is 0.557. The Bertz CT molecular complexity index is 572. The van der Waals surface area contributed by atoms with Gasteiger partial charge in [-0.1, -0.05) is 11.6 Å². The predicted octanol–water partition coefficient (Wildman–Crippen LogP) is 2.50. The van der Waals surface area contributed by atoms with E-state index in [4.69, 9.17) is 28.2 Å². The molecular formula is C8H4ClNO2S. The molecule has 3 nitrogen and oxygen atoms in total. The highest BCUT2D eigenvalue weighted by Crippen LogP contribution is 2.15. The first kappa shape index (κ1) is 8.47. The van der Waals surface area contributed by atoms with Crippen LogP contribution in [0.3, 0.4) is 0 Å². The zero-order chi connectivity index (χ0) is 9.42. The third-order valence-electron chi connectivity index (χ3n) is 1.61. The lowest BCUT2D eigenvalue weighted by Crippen LogP contribution is -2.05. The van der Waals surface area contributed by atoms with Gasteiger partial charge >= 0.3 is 0 Å². The smallest absolute Gasteiger partial charge is 0.269 e. The molecule has 0 aliphatic carbocycles. The number of aromatic nitrogens is 1. The van der Waals surface area contributed by atoms with Gasteiger partial charge in [0.05, 0.1) is 5.39 Å². The third-order valence-corrected chi connectivity index (χ3v) is 2.03. The molecule has 1 aromatic carbocycles. The number of benzene rings is 1. The molecule has 5 heteroatoms. The van der Waals surface area contributed by atoms with Crippen LogP contribution < -0.4 is 5.56 Å². The minimum Gasteiger partial charge on any atom is -0.431 e. The van der Waals surface area contributed by atoms with Gasteiger partial charge in [-0.3, -0.25) is 9.78 Å². The number of hydrogen-bond acceptors (Lipinski definition) is 3. The zero-order valence-corrected chi connectivity index (χ0v) is 7.91. The van der Waals surface area contributed by atoms with Crippen molar-refractivity contribution in [1.82, 2.24) is 4.98 Å². The van der Waals surface area contributed by atoms with Crippen molar-refractivity contribution in [1.29, 1.82) is 0 Å². The Balaban J connectivity index is 3.03. The summed E-state index contributed by atoms with van der Waals surface area (Å²) in [6, 6.07) is 4.77. The van der Waals surface area contributed by atoms with Gasteiger partial charge in [0.15, 0.2) is 0 Å². The van der Waals surface area contributed by atoms with Gasteiger partial charge in [0, 0.05) is 11.1 Å². The molecule has 1 N–H and O–H groups in total. The Morgan fingerprint density at radius 3 is 3.00 bits per heavy atom. The van der Waals surface area contributed by atoms with Gasteiger partial charge in [-0.15, -0.1) is 0 Å². The quantitative estimate of drug-likeness (QED) is 0.684. The first-order valence-corrected chi connectivity index (χ1v) is 4.28. The molecule has 0 saturated carbocycles. The van der Waals surface area contributed by atoms with E-state index in [1.807, 2.05) is 0 Å². The Labute approximate surface area is 83.0 Å². The summed E-state index contributed by atoms with van der Waals surface area (Å²) >= 11 is 10.4. The summed E-state index contributed by atoms with van der Waals surface area (Å²) in [7, 11) is 0. The van der Waals surface area contributed by atoms with Crippen LogP contribution in [-0.4, -0.2) is 4.98 Å². The van der Waals surface area contributed by atoms with E-state index >= 15 is 0 Å². The molecule has 0 bridgehead atoms. The van der Waals surface area contributed by atoms with Crippen LogP contribution in [0.5, 0.6) is 0 Å². The number of aromatic amines is 1. The van der Waals surface area contributed by atoms with Crippen molar-refractivity contribution in [2.75, 3.05) is 0 Å². The maximum atomic E-state index is 11.3. The van der Waals surface area contributed by atoms with Gasteiger partial charge in [-0.2, -0.15) is 0 Å². The lowest BCUT2D eigenvalue weighted by atomic mass is 10.2. The van der Waals surface area contributed by atoms with Gasteiger partial charge in [-0.05, 0) is 24.4 Å². The second kappa shape index (κ2) is 2.97. The maximum Gasteiger partial charge on any atom is 0.269 e. The van der Waals surface area contributed by atoms with Crippen molar-refractivity contribution in [3.63, 3.8) is 0 Å². The highest BCUT2D eigenvalue weighted by molar-refractivity contribution is 7.71. The molecule has 0 radical (unpaired) electrons. The Morgan fingerprint density at radius 1 is 1.46 bits per heavy atom. The van der Waals surface area contributed by atoms with Crippen molar-refractivity contribution in [2.24, 2.45) is 0 Å². The van der Waals surface area contributed by atoms with E-state index in [1.54, 1.807) is 18.2 Å². The summed E-state index contributed by atoms with van der Waals surface area (Å²) in [6.07, 6.45) is 0. The molecule has 0 aliphatic rings. The molecule has 0 unspecified atom stereocenters. The molecule has 2 rings (SSSR count). The lowest BCUT2D eigenvalue weighted by Gasteiger charge is -1.95. The Morgan fingerprint density at radius 2 is 2.23 bits per heavy atom.